The number of rotatable bonds is 8. The van der Waals surface area contributed by atoms with E-state index in [1.165, 1.54) is 62.3 Å². The molecule has 0 atom stereocenters. The summed E-state index contributed by atoms with van der Waals surface area (Å²) in [5.74, 6) is 0.569. The van der Waals surface area contributed by atoms with E-state index in [0.29, 0.717) is 11.5 Å². The first-order valence-corrected chi connectivity index (χ1v) is 13.5. The van der Waals surface area contributed by atoms with Gasteiger partial charge in [0, 0.05) is 0 Å². The lowest BCUT2D eigenvalue weighted by atomic mass is 9.74. The lowest BCUT2D eigenvalue weighted by Gasteiger charge is -2.31. The molecule has 0 aromatic heterocycles. The van der Waals surface area contributed by atoms with Crippen molar-refractivity contribution in [2.75, 3.05) is 0 Å². The first-order chi connectivity index (χ1) is 16.6. The van der Waals surface area contributed by atoms with E-state index < -0.39 is 11.6 Å². The van der Waals surface area contributed by atoms with Gasteiger partial charge < -0.3 is 4.74 Å². The predicted octanol–water partition coefficient (Wildman–Crippen LogP) is 9.78. The first kappa shape index (κ1) is 24.9. The molecule has 1 nitrogen and oxygen atoms in total. The average molecular weight is 467 g/mol. The molecule has 3 heteroatoms. The topological polar surface area (TPSA) is 9.23 Å². The Hall–Kier alpha value is -2.16. The Morgan fingerprint density at radius 1 is 0.765 bits per heavy atom. The van der Waals surface area contributed by atoms with Crippen molar-refractivity contribution in [1.82, 2.24) is 0 Å². The summed E-state index contributed by atoms with van der Waals surface area (Å²) in [5, 5.41) is 0. The molecule has 2 aliphatic rings. The van der Waals surface area contributed by atoms with Gasteiger partial charge in [-0.15, -0.1) is 0 Å². The van der Waals surface area contributed by atoms with Crippen LogP contribution < -0.4 is 4.74 Å². The molecule has 2 aromatic rings. The third-order valence-corrected chi connectivity index (χ3v) is 8.27. The first-order valence-electron chi connectivity index (χ1n) is 13.5. The fraction of sp³-hybridized carbons (Fsp3) is 0.548. The van der Waals surface area contributed by atoms with Crippen LogP contribution in [0.15, 0.2) is 48.7 Å². The summed E-state index contributed by atoms with van der Waals surface area (Å²) in [7, 11) is 0. The molecule has 0 unspecified atom stereocenters. The second-order valence-corrected chi connectivity index (χ2v) is 10.4. The van der Waals surface area contributed by atoms with Gasteiger partial charge in [0.1, 0.15) is 0 Å². The molecule has 0 radical (unpaired) electrons. The van der Waals surface area contributed by atoms with Crippen LogP contribution in [-0.4, -0.2) is 0 Å². The maximum Gasteiger partial charge on any atom is 0.201 e. The molecule has 2 saturated carbocycles. The van der Waals surface area contributed by atoms with Crippen molar-refractivity contribution in [3.63, 3.8) is 0 Å². The van der Waals surface area contributed by atoms with E-state index in [1.54, 1.807) is 25.1 Å². The number of unbranched alkanes of at least 4 members (excludes halogenated alkanes) is 1. The molecule has 0 N–H and O–H groups in total. The van der Waals surface area contributed by atoms with Crippen molar-refractivity contribution in [3.8, 4) is 5.75 Å². The SMILES string of the molecule is CC=COc1ccc(C2CCC(c3ccc(C4CCC(CCCC)CC4)cc3)CC2)c(F)c1F. The number of allylic oxidation sites excluding steroid dienone is 1. The lowest BCUT2D eigenvalue weighted by Crippen LogP contribution is -2.15. The van der Waals surface area contributed by atoms with E-state index in [-0.39, 0.29) is 11.7 Å². The van der Waals surface area contributed by atoms with Crippen LogP contribution >= 0.6 is 0 Å². The smallest absolute Gasteiger partial charge is 0.201 e. The van der Waals surface area contributed by atoms with Gasteiger partial charge in [0.25, 0.3) is 0 Å². The van der Waals surface area contributed by atoms with Crippen molar-refractivity contribution in [1.29, 1.82) is 0 Å². The van der Waals surface area contributed by atoms with Crippen LogP contribution in [-0.2, 0) is 0 Å². The van der Waals surface area contributed by atoms with Crippen LogP contribution in [0.3, 0.4) is 0 Å². The summed E-state index contributed by atoms with van der Waals surface area (Å²) in [6.07, 6.45) is 16.4. The summed E-state index contributed by atoms with van der Waals surface area (Å²) in [5.41, 5.74) is 3.40. The van der Waals surface area contributed by atoms with E-state index in [0.717, 1.165) is 37.5 Å². The summed E-state index contributed by atoms with van der Waals surface area (Å²) in [4.78, 5) is 0. The van der Waals surface area contributed by atoms with E-state index in [2.05, 4.69) is 31.2 Å². The molecule has 0 amide bonds. The van der Waals surface area contributed by atoms with Gasteiger partial charge in [-0.1, -0.05) is 62.6 Å². The molecule has 0 heterocycles. The predicted molar refractivity (Wildman–Crippen MR) is 136 cm³/mol. The second-order valence-electron chi connectivity index (χ2n) is 10.4. The largest absolute Gasteiger partial charge is 0.462 e. The minimum atomic E-state index is -0.882. The Morgan fingerprint density at radius 2 is 1.32 bits per heavy atom. The van der Waals surface area contributed by atoms with Crippen molar-refractivity contribution in [3.05, 3.63) is 77.1 Å². The number of benzene rings is 2. The normalized spacial score (nSPS) is 25.5. The molecule has 4 rings (SSSR count). The Balaban J connectivity index is 1.31. The summed E-state index contributed by atoms with van der Waals surface area (Å²) < 4.78 is 34.3. The summed E-state index contributed by atoms with van der Waals surface area (Å²) >= 11 is 0. The molecule has 2 aromatic carbocycles. The molecule has 0 spiro atoms. The highest BCUT2D eigenvalue weighted by Gasteiger charge is 2.28. The van der Waals surface area contributed by atoms with Gasteiger partial charge in [0.05, 0.1) is 6.26 Å². The van der Waals surface area contributed by atoms with E-state index in [9.17, 15) is 8.78 Å². The molecule has 2 fully saturated rings. The monoisotopic (exact) mass is 466 g/mol. The van der Waals surface area contributed by atoms with Gasteiger partial charge in [0.15, 0.2) is 11.6 Å². The second kappa shape index (κ2) is 12.0. The number of hydrogen-bond acceptors (Lipinski definition) is 1. The van der Waals surface area contributed by atoms with Gasteiger partial charge in [-0.3, -0.25) is 0 Å². The zero-order chi connectivity index (χ0) is 23.9. The molecule has 2 aliphatic carbocycles. The Bertz CT molecular complexity index is 933. The molecule has 184 valence electrons. The van der Waals surface area contributed by atoms with E-state index >= 15 is 0 Å². The fourth-order valence-electron chi connectivity index (χ4n) is 6.15. The molecule has 0 aliphatic heterocycles. The highest BCUT2D eigenvalue weighted by atomic mass is 19.2. The molecule has 0 bridgehead atoms. The number of halogens is 2. The average Bonchev–Trinajstić information content (AvgIpc) is 2.89. The molecule has 0 saturated heterocycles. The van der Waals surface area contributed by atoms with Crippen LogP contribution in [0.1, 0.15) is 119 Å². The van der Waals surface area contributed by atoms with Crippen LogP contribution in [0.25, 0.3) is 0 Å². The van der Waals surface area contributed by atoms with Gasteiger partial charge in [-0.2, -0.15) is 4.39 Å². The van der Waals surface area contributed by atoms with Crippen molar-refractivity contribution in [2.45, 2.75) is 102 Å². The Morgan fingerprint density at radius 3 is 1.88 bits per heavy atom. The zero-order valence-corrected chi connectivity index (χ0v) is 20.9. The number of ether oxygens (including phenoxy) is 1. The quantitative estimate of drug-likeness (QED) is 0.352. The van der Waals surface area contributed by atoms with Gasteiger partial charge in [-0.25, -0.2) is 4.39 Å². The zero-order valence-electron chi connectivity index (χ0n) is 20.9. The van der Waals surface area contributed by atoms with Crippen LogP contribution in [0.5, 0.6) is 5.75 Å². The van der Waals surface area contributed by atoms with Crippen molar-refractivity contribution >= 4 is 0 Å². The maximum absolute atomic E-state index is 14.7. The highest BCUT2D eigenvalue weighted by molar-refractivity contribution is 5.34. The maximum atomic E-state index is 14.7. The van der Waals surface area contributed by atoms with Crippen molar-refractivity contribution in [2.24, 2.45) is 5.92 Å². The minimum absolute atomic E-state index is 0.0532. The fourth-order valence-corrected chi connectivity index (χ4v) is 6.15. The van der Waals surface area contributed by atoms with Crippen LogP contribution in [0.4, 0.5) is 8.78 Å². The Labute approximate surface area is 204 Å². The summed E-state index contributed by atoms with van der Waals surface area (Å²) in [6.45, 7) is 4.06. The molecule has 34 heavy (non-hydrogen) atoms. The van der Waals surface area contributed by atoms with Crippen LogP contribution in [0.2, 0.25) is 0 Å². The standard InChI is InChI=1S/C31H40F2O/c1-3-5-6-22-7-9-23(10-8-22)24-11-13-25(14-12-24)26-15-17-27(18-16-26)28-19-20-29(34-21-4-2)31(33)30(28)32/h4,11-14,19-23,26-27H,3,5-10,15-18H2,1-2H3. The van der Waals surface area contributed by atoms with Gasteiger partial charge in [0.2, 0.25) is 5.82 Å². The highest BCUT2D eigenvalue weighted by Crippen LogP contribution is 2.43. The summed E-state index contributed by atoms with van der Waals surface area (Å²) in [6, 6.07) is 12.6. The van der Waals surface area contributed by atoms with Crippen LogP contribution in [0, 0.1) is 17.6 Å². The minimum Gasteiger partial charge on any atom is -0.462 e. The molecular weight excluding hydrogens is 426 g/mol. The molecular formula is C31H40F2O. The van der Waals surface area contributed by atoms with E-state index in [4.69, 9.17) is 4.74 Å². The third-order valence-electron chi connectivity index (χ3n) is 8.27. The lowest BCUT2D eigenvalue weighted by molar-refractivity contribution is 0.304. The third kappa shape index (κ3) is 5.90. The van der Waals surface area contributed by atoms with Gasteiger partial charge in [-0.05, 0) is 105 Å². The van der Waals surface area contributed by atoms with E-state index in [1.807, 2.05) is 0 Å². The van der Waals surface area contributed by atoms with Crippen molar-refractivity contribution < 1.29 is 13.5 Å². The Kier molecular flexibility index (Phi) is 8.80. The van der Waals surface area contributed by atoms with Gasteiger partial charge >= 0.3 is 0 Å². The number of hydrogen-bond donors (Lipinski definition) is 0.